The molecule has 0 fully saturated rings. The topological polar surface area (TPSA) is 29.1 Å². The van der Waals surface area contributed by atoms with Gasteiger partial charge in [-0.25, -0.2) is 0 Å². The number of carbonyl (C=O) groups is 1. The van der Waals surface area contributed by atoms with E-state index in [4.69, 9.17) is 11.6 Å². The van der Waals surface area contributed by atoms with E-state index in [1.807, 2.05) is 20.8 Å². The van der Waals surface area contributed by atoms with Gasteiger partial charge in [0, 0.05) is 21.5 Å². The summed E-state index contributed by atoms with van der Waals surface area (Å²) in [6.45, 7) is 5.76. The van der Waals surface area contributed by atoms with Crippen LogP contribution in [0.5, 0.6) is 0 Å². The molecular formula is C12H15BrClNO. The van der Waals surface area contributed by atoms with Crippen LogP contribution in [0, 0.1) is 6.92 Å². The Kier molecular flexibility index (Phi) is 4.39. The lowest BCUT2D eigenvalue weighted by Gasteiger charge is -2.24. The van der Waals surface area contributed by atoms with E-state index in [2.05, 4.69) is 21.2 Å². The summed E-state index contributed by atoms with van der Waals surface area (Å²) < 4.78 is 0. The standard InChI is InChI=1S/C12H15BrClNO/c1-8-9(5-4-6-10(8)14)11(16)15-12(2,3)7-13/h4-6H,7H2,1-3H3,(H,15,16). The zero-order chi connectivity index (χ0) is 12.3. The molecule has 0 heterocycles. The molecule has 0 saturated carbocycles. The van der Waals surface area contributed by atoms with Gasteiger partial charge in [0.15, 0.2) is 0 Å². The molecule has 2 nitrogen and oxygen atoms in total. The first-order valence-electron chi connectivity index (χ1n) is 5.01. The first-order valence-corrected chi connectivity index (χ1v) is 6.51. The first-order chi connectivity index (χ1) is 7.37. The van der Waals surface area contributed by atoms with Crippen LogP contribution in [-0.4, -0.2) is 16.8 Å². The average Bonchev–Trinajstić information content (AvgIpc) is 2.21. The van der Waals surface area contributed by atoms with Gasteiger partial charge in [0.25, 0.3) is 5.91 Å². The van der Waals surface area contributed by atoms with Crippen LogP contribution in [0.2, 0.25) is 5.02 Å². The van der Waals surface area contributed by atoms with Gasteiger partial charge in [-0.1, -0.05) is 33.6 Å². The predicted molar refractivity (Wildman–Crippen MR) is 71.5 cm³/mol. The minimum atomic E-state index is -0.272. The van der Waals surface area contributed by atoms with Crippen LogP contribution < -0.4 is 5.32 Å². The van der Waals surface area contributed by atoms with Gasteiger partial charge in [-0.3, -0.25) is 4.79 Å². The van der Waals surface area contributed by atoms with Gasteiger partial charge in [0.1, 0.15) is 0 Å². The smallest absolute Gasteiger partial charge is 0.252 e. The van der Waals surface area contributed by atoms with Gasteiger partial charge >= 0.3 is 0 Å². The van der Waals surface area contributed by atoms with E-state index in [0.29, 0.717) is 15.9 Å². The van der Waals surface area contributed by atoms with Crippen molar-refractivity contribution < 1.29 is 4.79 Å². The Balaban J connectivity index is 2.94. The quantitative estimate of drug-likeness (QED) is 0.850. The second kappa shape index (κ2) is 5.19. The van der Waals surface area contributed by atoms with Crippen LogP contribution in [-0.2, 0) is 0 Å². The Morgan fingerprint density at radius 3 is 2.69 bits per heavy atom. The summed E-state index contributed by atoms with van der Waals surface area (Å²) in [6, 6.07) is 5.34. The molecule has 1 amide bonds. The Labute approximate surface area is 110 Å². The van der Waals surface area contributed by atoms with Crippen molar-refractivity contribution in [3.05, 3.63) is 34.3 Å². The maximum atomic E-state index is 12.0. The third kappa shape index (κ3) is 3.22. The fraction of sp³-hybridized carbons (Fsp3) is 0.417. The Morgan fingerprint density at radius 1 is 1.50 bits per heavy atom. The molecule has 4 heteroatoms. The molecule has 0 aliphatic rings. The van der Waals surface area contributed by atoms with Crippen molar-refractivity contribution >= 4 is 33.4 Å². The first kappa shape index (κ1) is 13.5. The van der Waals surface area contributed by atoms with Gasteiger partial charge in [0.05, 0.1) is 0 Å². The highest BCUT2D eigenvalue weighted by molar-refractivity contribution is 9.09. The number of benzene rings is 1. The molecule has 1 aromatic rings. The number of hydrogen-bond donors (Lipinski definition) is 1. The lowest BCUT2D eigenvalue weighted by atomic mass is 10.0. The Morgan fingerprint density at radius 2 is 2.12 bits per heavy atom. The van der Waals surface area contributed by atoms with E-state index in [0.717, 1.165) is 5.56 Å². The summed E-state index contributed by atoms with van der Waals surface area (Å²) in [5, 5.41) is 4.26. The third-order valence-corrected chi connectivity index (χ3v) is 4.11. The minimum Gasteiger partial charge on any atom is -0.346 e. The summed E-state index contributed by atoms with van der Waals surface area (Å²) in [5.41, 5.74) is 1.17. The molecule has 88 valence electrons. The molecule has 0 radical (unpaired) electrons. The molecular weight excluding hydrogens is 289 g/mol. The zero-order valence-corrected chi connectivity index (χ0v) is 11.9. The molecule has 1 N–H and O–H groups in total. The van der Waals surface area contributed by atoms with E-state index >= 15 is 0 Å². The lowest BCUT2D eigenvalue weighted by Crippen LogP contribution is -2.44. The largest absolute Gasteiger partial charge is 0.346 e. The van der Waals surface area contributed by atoms with Gasteiger partial charge < -0.3 is 5.32 Å². The van der Waals surface area contributed by atoms with E-state index in [1.165, 1.54) is 0 Å². The van der Waals surface area contributed by atoms with Crippen molar-refractivity contribution in [1.82, 2.24) is 5.32 Å². The van der Waals surface area contributed by atoms with Crippen LogP contribution in [0.1, 0.15) is 29.8 Å². The maximum Gasteiger partial charge on any atom is 0.252 e. The number of hydrogen-bond acceptors (Lipinski definition) is 1. The van der Waals surface area contributed by atoms with Gasteiger partial charge in [-0.05, 0) is 38.5 Å². The summed E-state index contributed by atoms with van der Waals surface area (Å²) in [4.78, 5) is 12.0. The number of carbonyl (C=O) groups excluding carboxylic acids is 1. The van der Waals surface area contributed by atoms with Crippen LogP contribution in [0.15, 0.2) is 18.2 Å². The van der Waals surface area contributed by atoms with Crippen molar-refractivity contribution in [1.29, 1.82) is 0 Å². The SMILES string of the molecule is Cc1c(Cl)cccc1C(=O)NC(C)(C)CBr. The maximum absolute atomic E-state index is 12.0. The van der Waals surface area contributed by atoms with E-state index < -0.39 is 0 Å². The van der Waals surface area contributed by atoms with Crippen molar-refractivity contribution in [2.75, 3.05) is 5.33 Å². The molecule has 0 atom stereocenters. The number of nitrogens with one attached hydrogen (secondary N) is 1. The molecule has 0 aliphatic heterocycles. The van der Waals surface area contributed by atoms with Crippen LogP contribution in [0.4, 0.5) is 0 Å². The second-order valence-electron chi connectivity index (χ2n) is 4.38. The monoisotopic (exact) mass is 303 g/mol. The summed E-state index contributed by atoms with van der Waals surface area (Å²) >= 11 is 9.34. The molecule has 0 spiro atoms. The summed E-state index contributed by atoms with van der Waals surface area (Å²) in [6.07, 6.45) is 0. The predicted octanol–water partition coefficient (Wildman–Crippen LogP) is 3.55. The number of amides is 1. The van der Waals surface area contributed by atoms with Crippen molar-refractivity contribution in [2.24, 2.45) is 0 Å². The summed E-state index contributed by atoms with van der Waals surface area (Å²) in [5.74, 6) is -0.0931. The highest BCUT2D eigenvalue weighted by Gasteiger charge is 2.20. The molecule has 1 rings (SSSR count). The number of alkyl halides is 1. The number of rotatable bonds is 3. The molecule has 16 heavy (non-hydrogen) atoms. The molecule has 0 bridgehead atoms. The second-order valence-corrected chi connectivity index (χ2v) is 5.35. The van der Waals surface area contributed by atoms with Crippen molar-refractivity contribution in [3.63, 3.8) is 0 Å². The molecule has 1 aromatic carbocycles. The molecule has 0 saturated heterocycles. The van der Waals surface area contributed by atoms with E-state index in [9.17, 15) is 4.79 Å². The van der Waals surface area contributed by atoms with Crippen LogP contribution >= 0.6 is 27.5 Å². The van der Waals surface area contributed by atoms with Gasteiger partial charge in [-0.2, -0.15) is 0 Å². The highest BCUT2D eigenvalue weighted by atomic mass is 79.9. The van der Waals surface area contributed by atoms with E-state index in [1.54, 1.807) is 18.2 Å². The van der Waals surface area contributed by atoms with Gasteiger partial charge in [-0.15, -0.1) is 0 Å². The fourth-order valence-electron chi connectivity index (χ4n) is 1.26. The number of halogens is 2. The summed E-state index contributed by atoms with van der Waals surface area (Å²) in [7, 11) is 0. The van der Waals surface area contributed by atoms with Crippen molar-refractivity contribution in [2.45, 2.75) is 26.3 Å². The average molecular weight is 305 g/mol. The zero-order valence-electron chi connectivity index (χ0n) is 9.60. The molecule has 0 unspecified atom stereocenters. The van der Waals surface area contributed by atoms with Crippen LogP contribution in [0.3, 0.4) is 0 Å². The minimum absolute atomic E-state index is 0.0931. The van der Waals surface area contributed by atoms with Crippen molar-refractivity contribution in [3.8, 4) is 0 Å². The van der Waals surface area contributed by atoms with E-state index in [-0.39, 0.29) is 11.4 Å². The fourth-order valence-corrected chi connectivity index (χ4v) is 1.58. The Hall–Kier alpha value is -0.540. The third-order valence-electron chi connectivity index (χ3n) is 2.30. The lowest BCUT2D eigenvalue weighted by molar-refractivity contribution is 0.0920. The Bertz CT molecular complexity index is 404. The highest BCUT2D eigenvalue weighted by Crippen LogP contribution is 2.19. The van der Waals surface area contributed by atoms with Crippen LogP contribution in [0.25, 0.3) is 0 Å². The normalized spacial score (nSPS) is 11.3. The van der Waals surface area contributed by atoms with Gasteiger partial charge in [0.2, 0.25) is 0 Å². The molecule has 0 aromatic heterocycles. The molecule has 0 aliphatic carbocycles.